The number of nitrogens with zero attached hydrogens (tertiary/aromatic N) is 1. The van der Waals surface area contributed by atoms with E-state index in [0.29, 0.717) is 5.69 Å². The molecule has 3 N–H and O–H groups in total. The first kappa shape index (κ1) is 14.2. The average molecular weight is 278 g/mol. The molecule has 1 amide bonds. The highest BCUT2D eigenvalue weighted by molar-refractivity contribution is 5.89. The minimum Gasteiger partial charge on any atom is -0.479 e. The predicted octanol–water partition coefficient (Wildman–Crippen LogP) is 1.36. The topological polar surface area (TPSA) is 92.9 Å². The van der Waals surface area contributed by atoms with Crippen LogP contribution in [0, 0.1) is 0 Å². The van der Waals surface area contributed by atoms with Crippen molar-refractivity contribution in [1.29, 1.82) is 0 Å². The van der Waals surface area contributed by atoms with E-state index in [1.165, 1.54) is 18.2 Å². The number of benzene rings is 1. The van der Waals surface area contributed by atoms with Crippen molar-refractivity contribution >= 4 is 17.6 Å². The number of carbonyl (C=O) groups is 2. The number of rotatable bonds is 4. The number of carboxylic acids is 1. The lowest BCUT2D eigenvalue weighted by Crippen LogP contribution is -2.38. The second-order valence-electron chi connectivity index (χ2n) is 4.85. The summed E-state index contributed by atoms with van der Waals surface area (Å²) in [6.07, 6.45) is 1.34. The quantitative estimate of drug-likeness (QED) is 0.811. The van der Waals surface area contributed by atoms with Gasteiger partial charge in [-0.2, -0.15) is 0 Å². The summed E-state index contributed by atoms with van der Waals surface area (Å²) in [6, 6.07) is 4.20. The second kappa shape index (κ2) is 5.81. The fraction of sp³-hybridized carbons (Fsp3) is 0.429. The number of aromatic carboxylic acids is 1. The number of carboxylic acid groups (broad SMARTS) is 1. The van der Waals surface area contributed by atoms with Crippen LogP contribution in [0.4, 0.5) is 5.69 Å². The maximum atomic E-state index is 12.1. The molecule has 108 valence electrons. The summed E-state index contributed by atoms with van der Waals surface area (Å²) in [5.74, 6) is -0.930. The first-order chi connectivity index (χ1) is 9.49. The number of nitrogen functional groups attached to an aromatic ring is 1. The largest absolute Gasteiger partial charge is 0.479 e. The van der Waals surface area contributed by atoms with E-state index < -0.39 is 12.1 Å². The third kappa shape index (κ3) is 3.01. The molecule has 0 spiro atoms. The number of likely N-dealkylation sites (tertiary alicyclic amines) is 1. The van der Waals surface area contributed by atoms with Gasteiger partial charge in [0, 0.05) is 13.1 Å². The standard InChI is InChI=1S/C14H18N2O4/c1-9(13(17)16-6-2-3-7-16)20-12-8-10(14(18)19)4-5-11(12)15/h4-5,8-9H,2-3,6-7,15H2,1H3,(H,18,19). The van der Waals surface area contributed by atoms with E-state index in [9.17, 15) is 9.59 Å². The number of carbonyl (C=O) groups excluding carboxylic acids is 1. The summed E-state index contributed by atoms with van der Waals surface area (Å²) in [5.41, 5.74) is 6.14. The SMILES string of the molecule is CC(Oc1cc(C(=O)O)ccc1N)C(=O)N1CCCC1. The third-order valence-electron chi connectivity index (χ3n) is 3.33. The summed E-state index contributed by atoms with van der Waals surface area (Å²) >= 11 is 0. The van der Waals surface area contributed by atoms with Crippen LogP contribution in [0.15, 0.2) is 18.2 Å². The van der Waals surface area contributed by atoms with Crippen LogP contribution in [0.1, 0.15) is 30.1 Å². The molecule has 0 aliphatic carbocycles. The van der Waals surface area contributed by atoms with E-state index in [-0.39, 0.29) is 17.2 Å². The molecule has 0 radical (unpaired) electrons. The first-order valence-corrected chi connectivity index (χ1v) is 6.57. The Kier molecular flexibility index (Phi) is 4.12. The van der Waals surface area contributed by atoms with Gasteiger partial charge >= 0.3 is 5.97 Å². The van der Waals surface area contributed by atoms with Crippen LogP contribution in [0.25, 0.3) is 0 Å². The van der Waals surface area contributed by atoms with Gasteiger partial charge in [0.2, 0.25) is 0 Å². The van der Waals surface area contributed by atoms with Crippen LogP contribution in [0.5, 0.6) is 5.75 Å². The molecule has 6 nitrogen and oxygen atoms in total. The zero-order chi connectivity index (χ0) is 14.7. The highest BCUT2D eigenvalue weighted by Gasteiger charge is 2.25. The molecule has 20 heavy (non-hydrogen) atoms. The third-order valence-corrected chi connectivity index (χ3v) is 3.33. The number of hydrogen-bond acceptors (Lipinski definition) is 4. The molecule has 1 heterocycles. The Bertz CT molecular complexity index is 524. The van der Waals surface area contributed by atoms with Crippen LogP contribution >= 0.6 is 0 Å². The fourth-order valence-electron chi connectivity index (χ4n) is 2.20. The minimum absolute atomic E-state index is 0.0787. The Balaban J connectivity index is 2.10. The molecule has 1 saturated heterocycles. The van der Waals surface area contributed by atoms with Gasteiger partial charge in [0.1, 0.15) is 5.75 Å². The predicted molar refractivity (Wildman–Crippen MR) is 73.7 cm³/mol. The van der Waals surface area contributed by atoms with Gasteiger partial charge in [0.15, 0.2) is 6.10 Å². The fourth-order valence-corrected chi connectivity index (χ4v) is 2.20. The van der Waals surface area contributed by atoms with Crippen molar-refractivity contribution in [2.75, 3.05) is 18.8 Å². The van der Waals surface area contributed by atoms with Crippen molar-refractivity contribution in [3.05, 3.63) is 23.8 Å². The molecule has 1 aliphatic rings. The summed E-state index contributed by atoms with van der Waals surface area (Å²) in [5, 5.41) is 8.94. The first-order valence-electron chi connectivity index (χ1n) is 6.57. The molecule has 1 atom stereocenters. The summed E-state index contributed by atoms with van der Waals surface area (Å²) < 4.78 is 5.53. The van der Waals surface area contributed by atoms with Crippen LogP contribution < -0.4 is 10.5 Å². The van der Waals surface area contributed by atoms with Crippen LogP contribution in [0.2, 0.25) is 0 Å². The molecule has 6 heteroatoms. The molecule has 0 saturated carbocycles. The van der Waals surface area contributed by atoms with Gasteiger partial charge < -0.3 is 20.5 Å². The van der Waals surface area contributed by atoms with Crippen molar-refractivity contribution in [2.24, 2.45) is 0 Å². The maximum absolute atomic E-state index is 12.1. The lowest BCUT2D eigenvalue weighted by Gasteiger charge is -2.21. The number of ether oxygens (including phenoxy) is 1. The molecular formula is C14H18N2O4. The van der Waals surface area contributed by atoms with Gasteiger partial charge in [-0.1, -0.05) is 0 Å². The minimum atomic E-state index is -1.06. The van der Waals surface area contributed by atoms with Gasteiger partial charge in [-0.3, -0.25) is 4.79 Å². The smallest absolute Gasteiger partial charge is 0.335 e. The summed E-state index contributed by atoms with van der Waals surface area (Å²) in [6.45, 7) is 3.14. The van der Waals surface area contributed by atoms with Crippen molar-refractivity contribution in [2.45, 2.75) is 25.9 Å². The lowest BCUT2D eigenvalue weighted by atomic mass is 10.2. The van der Waals surface area contributed by atoms with Gasteiger partial charge in [-0.15, -0.1) is 0 Å². The van der Waals surface area contributed by atoms with Crippen LogP contribution in [-0.4, -0.2) is 41.1 Å². The van der Waals surface area contributed by atoms with Crippen molar-refractivity contribution in [3.63, 3.8) is 0 Å². The molecular weight excluding hydrogens is 260 g/mol. The summed E-state index contributed by atoms with van der Waals surface area (Å²) in [7, 11) is 0. The van der Waals surface area contributed by atoms with Crippen molar-refractivity contribution < 1.29 is 19.4 Å². The van der Waals surface area contributed by atoms with E-state index in [4.69, 9.17) is 15.6 Å². The van der Waals surface area contributed by atoms with Crippen LogP contribution in [0.3, 0.4) is 0 Å². The Morgan fingerprint density at radius 1 is 1.35 bits per heavy atom. The molecule has 1 unspecified atom stereocenters. The Hall–Kier alpha value is -2.24. The van der Waals surface area contributed by atoms with Gasteiger partial charge in [-0.05, 0) is 38.0 Å². The molecule has 1 aromatic carbocycles. The van der Waals surface area contributed by atoms with Gasteiger partial charge in [-0.25, -0.2) is 4.79 Å². The van der Waals surface area contributed by atoms with Crippen molar-refractivity contribution in [3.8, 4) is 5.75 Å². The molecule has 1 aliphatic heterocycles. The molecule has 0 bridgehead atoms. The number of anilines is 1. The molecule has 1 fully saturated rings. The highest BCUT2D eigenvalue weighted by Crippen LogP contribution is 2.24. The van der Waals surface area contributed by atoms with E-state index in [0.717, 1.165) is 25.9 Å². The van der Waals surface area contributed by atoms with Gasteiger partial charge in [0.25, 0.3) is 5.91 Å². The summed E-state index contributed by atoms with van der Waals surface area (Å²) in [4.78, 5) is 24.8. The Labute approximate surface area is 117 Å². The highest BCUT2D eigenvalue weighted by atomic mass is 16.5. The second-order valence-corrected chi connectivity index (χ2v) is 4.85. The monoisotopic (exact) mass is 278 g/mol. The molecule has 2 rings (SSSR count). The van der Waals surface area contributed by atoms with Gasteiger partial charge in [0.05, 0.1) is 11.3 Å². The normalized spacial score (nSPS) is 15.9. The molecule has 0 aromatic heterocycles. The number of nitrogens with two attached hydrogens (primary N) is 1. The van der Waals surface area contributed by atoms with E-state index in [2.05, 4.69) is 0 Å². The number of amides is 1. The Morgan fingerprint density at radius 2 is 2.00 bits per heavy atom. The van der Waals surface area contributed by atoms with E-state index in [1.807, 2.05) is 0 Å². The van der Waals surface area contributed by atoms with E-state index >= 15 is 0 Å². The van der Waals surface area contributed by atoms with Crippen molar-refractivity contribution in [1.82, 2.24) is 4.90 Å². The number of hydrogen-bond donors (Lipinski definition) is 2. The van der Waals surface area contributed by atoms with E-state index in [1.54, 1.807) is 11.8 Å². The zero-order valence-corrected chi connectivity index (χ0v) is 11.3. The average Bonchev–Trinajstić information content (AvgIpc) is 2.94. The molecule has 1 aromatic rings. The zero-order valence-electron chi connectivity index (χ0n) is 11.3. The Morgan fingerprint density at radius 3 is 2.60 bits per heavy atom. The van der Waals surface area contributed by atoms with Crippen LogP contribution in [-0.2, 0) is 4.79 Å². The lowest BCUT2D eigenvalue weighted by molar-refractivity contribution is -0.136. The maximum Gasteiger partial charge on any atom is 0.335 e.